The number of likely N-dealkylation sites (tertiary alicyclic amines) is 1. The highest BCUT2D eigenvalue weighted by Crippen LogP contribution is 2.39. The molecular formula is C63H81N11O11. The predicted octanol–water partition coefficient (Wildman–Crippen LogP) is 4.68. The van der Waals surface area contributed by atoms with Gasteiger partial charge >= 0.3 is 6.01 Å². The summed E-state index contributed by atoms with van der Waals surface area (Å²) >= 11 is 0. The molecule has 0 bridgehead atoms. The SMILES string of the molecule is CC(C)C[C@H](NC(=O)[C@H](Cc1ccccc1)N1C(=O)[C@@H](NC(=O)[C@H](CCc2ccccc2)NC(=O)CN2CCOCC2)CC1C)/C(=N/OCC(=O)N1CCN(Cc2ccc(-n3c(O)nnc3-c3cc(C(C)C)c(O)cc3O)cc2)CC1)[C@@]1(C)CO1. The number of phenols is 2. The van der Waals surface area contributed by atoms with Crippen LogP contribution in [0.1, 0.15) is 89.0 Å². The van der Waals surface area contributed by atoms with Crippen molar-refractivity contribution in [3.05, 3.63) is 119 Å². The summed E-state index contributed by atoms with van der Waals surface area (Å²) in [4.78, 5) is 84.5. The zero-order valence-electron chi connectivity index (χ0n) is 49.5. The van der Waals surface area contributed by atoms with Gasteiger partial charge in [-0.05, 0) is 91.8 Å². The number of oxime groups is 1. The Balaban J connectivity index is 0.827. The summed E-state index contributed by atoms with van der Waals surface area (Å²) in [6.45, 7) is 16.7. The molecule has 5 heterocycles. The lowest BCUT2D eigenvalue weighted by molar-refractivity contribution is -0.141. The fourth-order valence-electron chi connectivity index (χ4n) is 11.5. The van der Waals surface area contributed by atoms with E-state index in [9.17, 15) is 34.5 Å². The molecule has 6 N–H and O–H groups in total. The van der Waals surface area contributed by atoms with Gasteiger partial charge in [-0.2, -0.15) is 0 Å². The average molecular weight is 1170 g/mol. The summed E-state index contributed by atoms with van der Waals surface area (Å²) in [7, 11) is 0. The van der Waals surface area contributed by atoms with E-state index < -0.39 is 53.5 Å². The van der Waals surface area contributed by atoms with Crippen molar-refractivity contribution in [2.24, 2.45) is 11.1 Å². The fourth-order valence-corrected chi connectivity index (χ4v) is 11.5. The van der Waals surface area contributed by atoms with Crippen molar-refractivity contribution in [2.75, 3.05) is 72.2 Å². The van der Waals surface area contributed by atoms with Crippen LogP contribution < -0.4 is 16.0 Å². The molecule has 5 aromatic rings. The standard InChI is InChI=1S/C63H81N11O11/c1-40(2)31-50(65-60(80)52(33-44-15-11-8-12-16-44)73-42(5)32-51(61(73)81)66-59(79)49(22-19-43-13-9-7-10-14-43)64-55(77)37-71-27-29-83-30-28-71)57(63(6)39-84-63)69-85-38-56(78)72-25-23-70(24-26-72)36-45-17-20-46(21-18-45)74-58(67-68-62(74)82)48-34-47(41(3)4)53(75)35-54(48)76/h7-18,20-21,34-35,40-42,49-52,75-76H,19,22-33,36-39H2,1-6H3,(H,64,77)(H,65,80)(H,66,79)(H,68,82)/b69-57-/t42?,49-,50-,51-,52-,63+/m0/s1. The van der Waals surface area contributed by atoms with Gasteiger partial charge in [0, 0.05) is 64.3 Å². The lowest BCUT2D eigenvalue weighted by Gasteiger charge is -2.34. The maximum atomic E-state index is 15.0. The van der Waals surface area contributed by atoms with E-state index in [1.54, 1.807) is 15.9 Å². The second-order valence-electron chi connectivity index (χ2n) is 23.7. The number of aromatic hydroxyl groups is 3. The Morgan fingerprint density at radius 2 is 1.46 bits per heavy atom. The summed E-state index contributed by atoms with van der Waals surface area (Å²) in [5.74, 6) is -1.82. The second-order valence-corrected chi connectivity index (χ2v) is 23.7. The molecule has 4 aromatic carbocycles. The highest BCUT2D eigenvalue weighted by molar-refractivity contribution is 6.02. The van der Waals surface area contributed by atoms with E-state index in [-0.39, 0.29) is 73.0 Å². The number of carbonyl (C=O) groups is 5. The largest absolute Gasteiger partial charge is 0.508 e. The third kappa shape index (κ3) is 15.7. The molecule has 9 rings (SSSR count). The number of carbonyl (C=O) groups excluding carboxylic acids is 5. The highest BCUT2D eigenvalue weighted by atomic mass is 16.6. The maximum Gasteiger partial charge on any atom is 0.319 e. The number of morpholine rings is 1. The number of nitrogens with zero attached hydrogens (tertiary/aromatic N) is 8. The summed E-state index contributed by atoms with van der Waals surface area (Å²) in [6.07, 6.45) is 1.70. The summed E-state index contributed by atoms with van der Waals surface area (Å²) in [6, 6.07) is 25.2. The van der Waals surface area contributed by atoms with Crippen LogP contribution in [0.5, 0.6) is 17.5 Å². The minimum absolute atomic E-state index is 0.0347. The molecule has 4 fully saturated rings. The lowest BCUT2D eigenvalue weighted by Crippen LogP contribution is -2.57. The molecule has 1 aromatic heterocycles. The van der Waals surface area contributed by atoms with Gasteiger partial charge in [-0.1, -0.05) is 111 Å². The fraction of sp³-hybridized carbons (Fsp3) is 0.492. The van der Waals surface area contributed by atoms with E-state index in [1.807, 2.05) is 131 Å². The van der Waals surface area contributed by atoms with Gasteiger partial charge < -0.3 is 55.4 Å². The van der Waals surface area contributed by atoms with Gasteiger partial charge in [0.15, 0.2) is 12.4 Å². The highest BCUT2D eigenvalue weighted by Gasteiger charge is 2.50. The van der Waals surface area contributed by atoms with E-state index in [0.29, 0.717) is 107 Å². The Bertz CT molecular complexity index is 3140. The van der Waals surface area contributed by atoms with Crippen molar-refractivity contribution < 1.29 is 53.6 Å². The van der Waals surface area contributed by atoms with Crippen molar-refractivity contribution in [1.29, 1.82) is 0 Å². The minimum Gasteiger partial charge on any atom is -0.508 e. The predicted molar refractivity (Wildman–Crippen MR) is 318 cm³/mol. The van der Waals surface area contributed by atoms with Crippen molar-refractivity contribution >= 4 is 35.2 Å². The Kier molecular flexibility index (Phi) is 20.2. The van der Waals surface area contributed by atoms with Crippen molar-refractivity contribution in [1.82, 2.24) is 50.3 Å². The van der Waals surface area contributed by atoms with Crippen molar-refractivity contribution in [3.63, 3.8) is 0 Å². The number of aromatic nitrogens is 3. The zero-order chi connectivity index (χ0) is 60.4. The van der Waals surface area contributed by atoms with Crippen LogP contribution in [-0.4, -0.2) is 193 Å². The number of phenolic OH excluding ortho intramolecular Hbond substituents is 2. The van der Waals surface area contributed by atoms with Crippen LogP contribution >= 0.6 is 0 Å². The second kappa shape index (κ2) is 27.9. The number of aryl methyl sites for hydroxylation is 1. The summed E-state index contributed by atoms with van der Waals surface area (Å²) < 4.78 is 12.8. The van der Waals surface area contributed by atoms with Crippen LogP contribution in [0, 0.1) is 5.92 Å². The Hall–Kier alpha value is -7.92. The van der Waals surface area contributed by atoms with Gasteiger partial charge in [-0.15, -0.1) is 5.10 Å². The topological polar surface area (TPSA) is 269 Å². The van der Waals surface area contributed by atoms with Gasteiger partial charge in [0.25, 0.3) is 5.91 Å². The Morgan fingerprint density at radius 3 is 2.11 bits per heavy atom. The Morgan fingerprint density at radius 1 is 0.788 bits per heavy atom. The van der Waals surface area contributed by atoms with E-state index in [1.165, 1.54) is 10.6 Å². The normalized spacial score (nSPS) is 20.5. The van der Waals surface area contributed by atoms with Gasteiger partial charge in [0.05, 0.1) is 43.7 Å². The quantitative estimate of drug-likeness (QED) is 0.0263. The summed E-state index contributed by atoms with van der Waals surface area (Å²) in [5, 5.41) is 53.7. The molecular weight excluding hydrogens is 1090 g/mol. The third-order valence-corrected chi connectivity index (χ3v) is 16.3. The molecule has 22 nitrogen and oxygen atoms in total. The van der Waals surface area contributed by atoms with Crippen molar-refractivity contribution in [3.8, 4) is 34.6 Å². The first-order valence-corrected chi connectivity index (χ1v) is 29.6. The molecule has 5 amide bonds. The molecule has 4 aliphatic rings. The van der Waals surface area contributed by atoms with E-state index in [2.05, 4.69) is 36.2 Å². The number of amides is 5. The van der Waals surface area contributed by atoms with E-state index in [4.69, 9.17) is 14.3 Å². The van der Waals surface area contributed by atoms with Crippen molar-refractivity contribution in [2.45, 2.75) is 122 Å². The number of hydrogen-bond acceptors (Lipinski definition) is 16. The van der Waals surface area contributed by atoms with Crippen LogP contribution in [-0.2, 0) is 57.7 Å². The van der Waals surface area contributed by atoms with Gasteiger partial charge in [-0.25, -0.2) is 4.57 Å². The molecule has 4 aliphatic heterocycles. The lowest BCUT2D eigenvalue weighted by atomic mass is 9.92. The molecule has 22 heteroatoms. The maximum absolute atomic E-state index is 15.0. The molecule has 4 saturated heterocycles. The number of piperazine rings is 1. The molecule has 0 saturated carbocycles. The first-order valence-electron chi connectivity index (χ1n) is 29.6. The van der Waals surface area contributed by atoms with Crippen LogP contribution in [0.4, 0.5) is 0 Å². The average Bonchev–Trinajstić information content (AvgIpc) is 3.17. The number of ether oxygens (including phenoxy) is 2. The van der Waals surface area contributed by atoms with Crippen LogP contribution in [0.3, 0.4) is 0 Å². The minimum atomic E-state index is -0.993. The zero-order valence-corrected chi connectivity index (χ0v) is 49.5. The number of rotatable bonds is 25. The monoisotopic (exact) mass is 1170 g/mol. The molecule has 0 radical (unpaired) electrons. The van der Waals surface area contributed by atoms with E-state index in [0.717, 1.165) is 16.7 Å². The molecule has 85 heavy (non-hydrogen) atoms. The molecule has 1 unspecified atom stereocenters. The van der Waals surface area contributed by atoms with Crippen LogP contribution in [0.15, 0.2) is 102 Å². The molecule has 0 spiro atoms. The number of benzene rings is 4. The van der Waals surface area contributed by atoms with Gasteiger partial charge in [0.1, 0.15) is 40.9 Å². The summed E-state index contributed by atoms with van der Waals surface area (Å²) in [5.41, 5.74) is 3.89. The van der Waals surface area contributed by atoms with Gasteiger partial charge in [-0.3, -0.25) is 33.8 Å². The third-order valence-electron chi connectivity index (χ3n) is 16.3. The smallest absolute Gasteiger partial charge is 0.319 e. The Labute approximate surface area is 496 Å². The first kappa shape index (κ1) is 61.6. The van der Waals surface area contributed by atoms with Crippen LogP contribution in [0.2, 0.25) is 0 Å². The molecule has 454 valence electrons. The van der Waals surface area contributed by atoms with Gasteiger partial charge in [0.2, 0.25) is 23.6 Å². The molecule has 0 aliphatic carbocycles. The number of nitrogens with one attached hydrogen (secondary N) is 3. The van der Waals surface area contributed by atoms with E-state index >= 15 is 4.79 Å². The first-order chi connectivity index (χ1) is 40.8. The molecule has 6 atom stereocenters. The van der Waals surface area contributed by atoms with Crippen LogP contribution in [0.25, 0.3) is 17.1 Å². The number of hydrogen-bond donors (Lipinski definition) is 6. The number of epoxide rings is 1.